The van der Waals surface area contributed by atoms with Gasteiger partial charge in [0.25, 0.3) is 0 Å². The van der Waals surface area contributed by atoms with Crippen LogP contribution in [-0.4, -0.2) is 32.4 Å². The molecule has 1 N–H and O–H groups in total. The molecule has 1 saturated heterocycles. The molecule has 2 rings (SSSR count). The molecule has 1 fully saturated rings. The highest BCUT2D eigenvalue weighted by atomic mass is 16.7. The summed E-state index contributed by atoms with van der Waals surface area (Å²) in [6.07, 6.45) is -0.741. The first-order chi connectivity index (χ1) is 9.03. The van der Waals surface area contributed by atoms with Crippen molar-refractivity contribution in [2.75, 3.05) is 25.6 Å². The maximum Gasteiger partial charge on any atom is 0.508 e. The Morgan fingerprint density at radius 1 is 1.26 bits per heavy atom. The average molecular weight is 265 g/mol. The van der Waals surface area contributed by atoms with Crippen LogP contribution in [-0.2, 0) is 14.3 Å². The van der Waals surface area contributed by atoms with Crippen molar-refractivity contribution < 1.29 is 23.8 Å². The van der Waals surface area contributed by atoms with E-state index in [2.05, 4.69) is 5.32 Å². The third-order valence-electron chi connectivity index (χ3n) is 2.91. The number of anilines is 1. The third-order valence-corrected chi connectivity index (χ3v) is 2.91. The van der Waals surface area contributed by atoms with Crippen molar-refractivity contribution in [2.24, 2.45) is 5.41 Å². The van der Waals surface area contributed by atoms with Gasteiger partial charge in [-0.3, -0.25) is 4.79 Å². The molecule has 0 bridgehead atoms. The minimum Gasteiger partial charge on any atom is -0.497 e. The Labute approximate surface area is 110 Å². The maximum atomic E-state index is 12.1. The Hall–Kier alpha value is -2.24. The van der Waals surface area contributed by atoms with Crippen LogP contribution in [0.3, 0.4) is 0 Å². The van der Waals surface area contributed by atoms with Crippen LogP contribution in [0.25, 0.3) is 0 Å². The van der Waals surface area contributed by atoms with Crippen molar-refractivity contribution in [1.82, 2.24) is 0 Å². The molecule has 1 aromatic rings. The minimum absolute atomic E-state index is 0.00776. The van der Waals surface area contributed by atoms with Crippen molar-refractivity contribution >= 4 is 17.7 Å². The Balaban J connectivity index is 2.01. The molecule has 1 amide bonds. The van der Waals surface area contributed by atoms with E-state index in [1.807, 2.05) is 0 Å². The van der Waals surface area contributed by atoms with E-state index >= 15 is 0 Å². The lowest BCUT2D eigenvalue weighted by atomic mass is 9.91. The first-order valence-electron chi connectivity index (χ1n) is 5.78. The van der Waals surface area contributed by atoms with E-state index in [4.69, 9.17) is 14.2 Å². The van der Waals surface area contributed by atoms with Gasteiger partial charge in [-0.15, -0.1) is 0 Å². The summed E-state index contributed by atoms with van der Waals surface area (Å²) in [7, 11) is 1.57. The lowest BCUT2D eigenvalue weighted by Crippen LogP contribution is -2.46. The fourth-order valence-corrected chi connectivity index (χ4v) is 1.61. The molecule has 0 unspecified atom stereocenters. The van der Waals surface area contributed by atoms with Crippen LogP contribution in [0, 0.1) is 5.41 Å². The molecule has 6 nitrogen and oxygen atoms in total. The number of ether oxygens (including phenoxy) is 3. The lowest BCUT2D eigenvalue weighted by Gasteiger charge is -2.30. The molecule has 1 aliphatic heterocycles. The number of benzene rings is 1. The molecule has 102 valence electrons. The fourth-order valence-electron chi connectivity index (χ4n) is 1.61. The van der Waals surface area contributed by atoms with Gasteiger partial charge in [0.05, 0.1) is 7.11 Å². The van der Waals surface area contributed by atoms with Crippen LogP contribution in [0.2, 0.25) is 0 Å². The number of carbonyl (C=O) groups excluding carboxylic acids is 2. The highest BCUT2D eigenvalue weighted by Gasteiger charge is 2.40. The Morgan fingerprint density at radius 2 is 1.84 bits per heavy atom. The second-order valence-electron chi connectivity index (χ2n) is 4.57. The van der Waals surface area contributed by atoms with Gasteiger partial charge in [0.1, 0.15) is 24.4 Å². The van der Waals surface area contributed by atoms with Gasteiger partial charge in [-0.05, 0) is 31.2 Å². The molecule has 6 heteroatoms. The average Bonchev–Trinajstić information content (AvgIpc) is 2.43. The van der Waals surface area contributed by atoms with Crippen molar-refractivity contribution in [2.45, 2.75) is 6.92 Å². The topological polar surface area (TPSA) is 73.9 Å². The van der Waals surface area contributed by atoms with E-state index in [-0.39, 0.29) is 19.1 Å². The molecule has 0 aliphatic carbocycles. The monoisotopic (exact) mass is 265 g/mol. The highest BCUT2D eigenvalue weighted by Crippen LogP contribution is 2.25. The van der Waals surface area contributed by atoms with Crippen LogP contribution in [0.1, 0.15) is 6.92 Å². The van der Waals surface area contributed by atoms with Crippen LogP contribution < -0.4 is 10.1 Å². The molecule has 0 spiro atoms. The standard InChI is InChI=1S/C13H15NO5/c1-13(7-18-12(16)19-8-13)11(15)14-9-3-5-10(17-2)6-4-9/h3-6H,7-8H2,1-2H3,(H,14,15). The molecule has 1 heterocycles. The lowest BCUT2D eigenvalue weighted by molar-refractivity contribution is -0.135. The Morgan fingerprint density at radius 3 is 2.37 bits per heavy atom. The predicted molar refractivity (Wildman–Crippen MR) is 67.0 cm³/mol. The normalized spacial score (nSPS) is 17.1. The van der Waals surface area contributed by atoms with Gasteiger partial charge >= 0.3 is 6.16 Å². The molecular formula is C13H15NO5. The number of cyclic esters (lactones) is 2. The van der Waals surface area contributed by atoms with Crippen molar-refractivity contribution in [1.29, 1.82) is 0 Å². The van der Waals surface area contributed by atoms with Crippen LogP contribution >= 0.6 is 0 Å². The van der Waals surface area contributed by atoms with Gasteiger partial charge in [0, 0.05) is 5.69 Å². The summed E-state index contributed by atoms with van der Waals surface area (Å²) in [5.41, 5.74) is -0.239. The number of hydrogen-bond acceptors (Lipinski definition) is 5. The van der Waals surface area contributed by atoms with Gasteiger partial charge in [0.15, 0.2) is 0 Å². The smallest absolute Gasteiger partial charge is 0.497 e. The number of amides is 1. The SMILES string of the molecule is COc1ccc(NC(=O)C2(C)COC(=O)OC2)cc1. The molecule has 0 atom stereocenters. The minimum atomic E-state index is -0.881. The van der Waals surface area contributed by atoms with Gasteiger partial charge in [0.2, 0.25) is 5.91 Å². The summed E-state index contributed by atoms with van der Waals surface area (Å²) in [4.78, 5) is 22.9. The molecule has 1 aliphatic rings. The fraction of sp³-hybridized carbons (Fsp3) is 0.385. The second kappa shape index (κ2) is 5.17. The number of methoxy groups -OCH3 is 1. The van der Waals surface area contributed by atoms with Crippen LogP contribution in [0.5, 0.6) is 5.75 Å². The van der Waals surface area contributed by atoms with Crippen LogP contribution in [0.4, 0.5) is 10.5 Å². The number of hydrogen-bond donors (Lipinski definition) is 1. The van der Waals surface area contributed by atoms with E-state index in [0.717, 1.165) is 0 Å². The van der Waals surface area contributed by atoms with Crippen LogP contribution in [0.15, 0.2) is 24.3 Å². The second-order valence-corrected chi connectivity index (χ2v) is 4.57. The van der Waals surface area contributed by atoms with Gasteiger partial charge in [-0.2, -0.15) is 0 Å². The molecule has 0 saturated carbocycles. The molecule has 0 radical (unpaired) electrons. The zero-order chi connectivity index (χ0) is 13.9. The molecule has 1 aromatic carbocycles. The number of nitrogens with one attached hydrogen (secondary N) is 1. The summed E-state index contributed by atoms with van der Waals surface area (Å²) in [5.74, 6) is 0.448. The summed E-state index contributed by atoms with van der Waals surface area (Å²) < 4.78 is 14.5. The summed E-state index contributed by atoms with van der Waals surface area (Å²) in [6.45, 7) is 1.69. The van der Waals surface area contributed by atoms with Crippen molar-refractivity contribution in [3.05, 3.63) is 24.3 Å². The van der Waals surface area contributed by atoms with E-state index in [1.165, 1.54) is 0 Å². The van der Waals surface area contributed by atoms with Gasteiger partial charge < -0.3 is 19.5 Å². The molecule has 19 heavy (non-hydrogen) atoms. The van der Waals surface area contributed by atoms with Gasteiger partial charge in [-0.25, -0.2) is 4.79 Å². The predicted octanol–water partition coefficient (Wildman–Crippen LogP) is 1.81. The van der Waals surface area contributed by atoms with E-state index < -0.39 is 11.6 Å². The summed E-state index contributed by atoms with van der Waals surface area (Å²) in [6, 6.07) is 6.95. The number of carbonyl (C=O) groups is 2. The maximum absolute atomic E-state index is 12.1. The Kier molecular flexibility index (Phi) is 3.59. The zero-order valence-corrected chi connectivity index (χ0v) is 10.8. The van der Waals surface area contributed by atoms with Gasteiger partial charge in [-0.1, -0.05) is 0 Å². The van der Waals surface area contributed by atoms with Crippen molar-refractivity contribution in [3.63, 3.8) is 0 Å². The van der Waals surface area contributed by atoms with E-state index in [9.17, 15) is 9.59 Å². The van der Waals surface area contributed by atoms with E-state index in [0.29, 0.717) is 11.4 Å². The first-order valence-corrected chi connectivity index (χ1v) is 5.78. The zero-order valence-electron chi connectivity index (χ0n) is 10.8. The summed E-state index contributed by atoms with van der Waals surface area (Å²) >= 11 is 0. The number of rotatable bonds is 3. The first kappa shape index (κ1) is 13.2. The van der Waals surface area contributed by atoms with E-state index in [1.54, 1.807) is 38.3 Å². The molecule has 0 aromatic heterocycles. The quantitative estimate of drug-likeness (QED) is 0.844. The largest absolute Gasteiger partial charge is 0.508 e. The third kappa shape index (κ3) is 2.96. The highest BCUT2D eigenvalue weighted by molar-refractivity contribution is 5.95. The summed E-state index contributed by atoms with van der Waals surface area (Å²) in [5, 5.41) is 2.75. The molecular weight excluding hydrogens is 250 g/mol. The Bertz CT molecular complexity index is 472. The van der Waals surface area contributed by atoms with Crippen molar-refractivity contribution in [3.8, 4) is 5.75 Å².